The summed E-state index contributed by atoms with van der Waals surface area (Å²) in [5.74, 6) is -0.370. The number of carbonyl (C=O) groups excluding carboxylic acids is 2. The smallest absolute Gasteiger partial charge is 0.253 e. The fourth-order valence-corrected chi connectivity index (χ4v) is 3.39. The second-order valence-corrected chi connectivity index (χ2v) is 6.93. The van der Waals surface area contributed by atoms with Crippen LogP contribution in [0.25, 0.3) is 10.9 Å². The molecule has 0 saturated heterocycles. The van der Waals surface area contributed by atoms with Gasteiger partial charge in [-0.15, -0.1) is 0 Å². The van der Waals surface area contributed by atoms with Crippen molar-refractivity contribution in [3.8, 4) is 0 Å². The van der Waals surface area contributed by atoms with Crippen molar-refractivity contribution in [3.63, 3.8) is 0 Å². The van der Waals surface area contributed by atoms with E-state index in [0.29, 0.717) is 30.8 Å². The Hall–Kier alpha value is -3.93. The lowest BCUT2D eigenvalue weighted by Gasteiger charge is -2.06. The first-order chi connectivity index (χ1) is 14.7. The number of para-hydroxylation sites is 1. The third-order valence-electron chi connectivity index (χ3n) is 4.85. The topological polar surface area (TPSA) is 76.0 Å². The van der Waals surface area contributed by atoms with Gasteiger partial charge in [0.05, 0.1) is 11.1 Å². The number of nitrogens with zero attached hydrogens (tertiary/aromatic N) is 2. The van der Waals surface area contributed by atoms with E-state index in [9.17, 15) is 9.59 Å². The van der Waals surface area contributed by atoms with E-state index >= 15 is 0 Å². The molecular weight excluding hydrogens is 376 g/mol. The van der Waals surface area contributed by atoms with E-state index < -0.39 is 0 Å². The summed E-state index contributed by atoms with van der Waals surface area (Å²) < 4.78 is 2.09. The van der Waals surface area contributed by atoms with Crippen LogP contribution in [-0.4, -0.2) is 34.5 Å². The van der Waals surface area contributed by atoms with Crippen molar-refractivity contribution in [1.29, 1.82) is 0 Å². The van der Waals surface area contributed by atoms with Crippen LogP contribution in [0.5, 0.6) is 0 Å². The highest BCUT2D eigenvalue weighted by molar-refractivity contribution is 6.07. The predicted octanol–water partition coefficient (Wildman–Crippen LogP) is 3.24. The van der Waals surface area contributed by atoms with Crippen LogP contribution in [0, 0.1) is 0 Å². The third-order valence-corrected chi connectivity index (χ3v) is 4.85. The minimum atomic E-state index is -0.211. The zero-order valence-electron chi connectivity index (χ0n) is 16.4. The van der Waals surface area contributed by atoms with Gasteiger partial charge in [-0.2, -0.15) is 0 Å². The van der Waals surface area contributed by atoms with Crippen molar-refractivity contribution < 1.29 is 9.59 Å². The standard InChI is InChI=1S/C24H22N4O2/c29-23(19-9-6-12-25-15-19)26-13-14-27-24(30)21-17-28(16-18-7-2-1-3-8-18)22-11-5-4-10-20(21)22/h1-12,15,17H,13-14,16H2,(H,26,29)(H,27,30). The molecule has 0 bridgehead atoms. The number of hydrogen-bond acceptors (Lipinski definition) is 3. The van der Waals surface area contributed by atoms with Crippen molar-refractivity contribution in [2.45, 2.75) is 6.54 Å². The summed E-state index contributed by atoms with van der Waals surface area (Å²) in [4.78, 5) is 28.8. The molecule has 4 aromatic rings. The average Bonchev–Trinajstić information content (AvgIpc) is 3.16. The Kier molecular flexibility index (Phi) is 5.85. The molecular formula is C24H22N4O2. The van der Waals surface area contributed by atoms with Crippen LogP contribution in [0.15, 0.2) is 85.3 Å². The van der Waals surface area contributed by atoms with Gasteiger partial charge < -0.3 is 15.2 Å². The van der Waals surface area contributed by atoms with Crippen LogP contribution in [0.4, 0.5) is 0 Å². The van der Waals surface area contributed by atoms with Gasteiger partial charge in [0.15, 0.2) is 0 Å². The van der Waals surface area contributed by atoms with Crippen molar-refractivity contribution >= 4 is 22.7 Å². The van der Waals surface area contributed by atoms with Crippen molar-refractivity contribution in [1.82, 2.24) is 20.2 Å². The molecule has 6 heteroatoms. The largest absolute Gasteiger partial charge is 0.350 e. The van der Waals surface area contributed by atoms with Gasteiger partial charge in [-0.25, -0.2) is 0 Å². The Balaban J connectivity index is 1.41. The molecule has 150 valence electrons. The van der Waals surface area contributed by atoms with Crippen LogP contribution in [0.3, 0.4) is 0 Å². The Labute approximate surface area is 174 Å². The predicted molar refractivity (Wildman–Crippen MR) is 116 cm³/mol. The fourth-order valence-electron chi connectivity index (χ4n) is 3.39. The summed E-state index contributed by atoms with van der Waals surface area (Å²) in [5.41, 5.74) is 3.30. The molecule has 0 aliphatic heterocycles. The van der Waals surface area contributed by atoms with Crippen molar-refractivity contribution in [2.75, 3.05) is 13.1 Å². The number of rotatable bonds is 7. The van der Waals surface area contributed by atoms with Gasteiger partial charge in [-0.1, -0.05) is 48.5 Å². The maximum atomic E-state index is 12.8. The minimum Gasteiger partial charge on any atom is -0.350 e. The highest BCUT2D eigenvalue weighted by atomic mass is 16.2. The molecule has 0 saturated carbocycles. The highest BCUT2D eigenvalue weighted by Crippen LogP contribution is 2.22. The van der Waals surface area contributed by atoms with Gasteiger partial charge >= 0.3 is 0 Å². The first-order valence-electron chi connectivity index (χ1n) is 9.80. The lowest BCUT2D eigenvalue weighted by molar-refractivity contribution is 0.0928. The van der Waals surface area contributed by atoms with Crippen LogP contribution in [-0.2, 0) is 6.54 Å². The van der Waals surface area contributed by atoms with Crippen LogP contribution >= 0.6 is 0 Å². The number of hydrogen-bond donors (Lipinski definition) is 2. The zero-order chi connectivity index (χ0) is 20.8. The summed E-state index contributed by atoms with van der Waals surface area (Å²) in [7, 11) is 0. The second-order valence-electron chi connectivity index (χ2n) is 6.93. The molecule has 0 spiro atoms. The lowest BCUT2D eigenvalue weighted by atomic mass is 10.1. The van der Waals surface area contributed by atoms with Crippen LogP contribution in [0.1, 0.15) is 26.3 Å². The van der Waals surface area contributed by atoms with Crippen LogP contribution < -0.4 is 10.6 Å². The van der Waals surface area contributed by atoms with Crippen LogP contribution in [0.2, 0.25) is 0 Å². The normalized spacial score (nSPS) is 10.7. The number of pyridine rings is 1. The van der Waals surface area contributed by atoms with Gasteiger partial charge in [-0.3, -0.25) is 14.6 Å². The molecule has 2 amide bonds. The van der Waals surface area contributed by atoms with E-state index in [1.807, 2.05) is 48.7 Å². The molecule has 2 N–H and O–H groups in total. The number of carbonyl (C=O) groups is 2. The van der Waals surface area contributed by atoms with E-state index in [1.54, 1.807) is 18.3 Å². The third kappa shape index (κ3) is 4.38. The number of nitrogens with one attached hydrogen (secondary N) is 2. The molecule has 30 heavy (non-hydrogen) atoms. The summed E-state index contributed by atoms with van der Waals surface area (Å²) in [6.45, 7) is 1.36. The minimum absolute atomic E-state index is 0.159. The molecule has 0 aliphatic rings. The average molecular weight is 398 g/mol. The summed E-state index contributed by atoms with van der Waals surface area (Å²) in [6.07, 6.45) is 5.02. The molecule has 0 radical (unpaired) electrons. The van der Waals surface area contributed by atoms with Crippen molar-refractivity contribution in [3.05, 3.63) is 102 Å². The Morgan fingerprint density at radius 3 is 2.33 bits per heavy atom. The molecule has 4 rings (SSSR count). The molecule has 0 fully saturated rings. The number of fused-ring (bicyclic) bond motifs is 1. The lowest BCUT2D eigenvalue weighted by Crippen LogP contribution is -2.34. The second kappa shape index (κ2) is 9.05. The summed E-state index contributed by atoms with van der Waals surface area (Å²) in [6, 6.07) is 21.4. The molecule has 0 atom stereocenters. The first-order valence-corrected chi connectivity index (χ1v) is 9.80. The van der Waals surface area contributed by atoms with E-state index in [0.717, 1.165) is 10.9 Å². The van der Waals surface area contributed by atoms with Gasteiger partial charge in [0, 0.05) is 49.1 Å². The van der Waals surface area contributed by atoms with Gasteiger partial charge in [0.2, 0.25) is 0 Å². The molecule has 2 heterocycles. The SMILES string of the molecule is O=C(NCCNC(=O)c1cn(Cc2ccccc2)c2ccccc12)c1cccnc1. The van der Waals surface area contributed by atoms with E-state index in [2.05, 4.69) is 32.3 Å². The van der Waals surface area contributed by atoms with E-state index in [1.165, 1.54) is 11.8 Å². The Bertz CT molecular complexity index is 1150. The van der Waals surface area contributed by atoms with E-state index in [4.69, 9.17) is 0 Å². The van der Waals surface area contributed by atoms with Crippen molar-refractivity contribution in [2.24, 2.45) is 0 Å². The number of amides is 2. The fraction of sp³-hybridized carbons (Fsp3) is 0.125. The monoisotopic (exact) mass is 398 g/mol. The number of benzene rings is 2. The van der Waals surface area contributed by atoms with Gasteiger partial charge in [0.1, 0.15) is 0 Å². The first kappa shape index (κ1) is 19.4. The summed E-state index contributed by atoms with van der Waals surface area (Å²) in [5, 5.41) is 6.58. The molecule has 2 aromatic heterocycles. The molecule has 0 aliphatic carbocycles. The molecule has 6 nitrogen and oxygen atoms in total. The maximum absolute atomic E-state index is 12.8. The molecule has 2 aromatic carbocycles. The summed E-state index contributed by atoms with van der Waals surface area (Å²) >= 11 is 0. The highest BCUT2D eigenvalue weighted by Gasteiger charge is 2.15. The number of aromatic nitrogens is 2. The molecule has 0 unspecified atom stereocenters. The van der Waals surface area contributed by atoms with Gasteiger partial charge in [-0.05, 0) is 23.8 Å². The van der Waals surface area contributed by atoms with E-state index in [-0.39, 0.29) is 11.8 Å². The Morgan fingerprint density at radius 1 is 0.833 bits per heavy atom. The maximum Gasteiger partial charge on any atom is 0.253 e. The van der Waals surface area contributed by atoms with Gasteiger partial charge in [0.25, 0.3) is 11.8 Å². The Morgan fingerprint density at radius 2 is 1.57 bits per heavy atom. The zero-order valence-corrected chi connectivity index (χ0v) is 16.4. The quantitative estimate of drug-likeness (QED) is 0.469.